The monoisotopic (exact) mass is 614 g/mol. The molecule has 1 N–H and O–H groups in total. The fraction of sp³-hybridized carbons (Fsp3) is 0.448. The van der Waals surface area contributed by atoms with Crippen molar-refractivity contribution >= 4 is 39.6 Å². The van der Waals surface area contributed by atoms with Crippen LogP contribution in [-0.4, -0.2) is 67.8 Å². The number of benzene rings is 2. The summed E-state index contributed by atoms with van der Waals surface area (Å²) in [4.78, 5) is 18.3. The Morgan fingerprint density at radius 2 is 1.85 bits per heavy atom. The third-order valence-corrected chi connectivity index (χ3v) is 9.08. The lowest BCUT2D eigenvalue weighted by atomic mass is 10.0. The number of halogens is 1. The molecule has 8 nitrogen and oxygen atoms in total. The van der Waals surface area contributed by atoms with Gasteiger partial charge in [0.15, 0.2) is 11.6 Å². The highest BCUT2D eigenvalue weighted by atomic mass is 79.9. The first kappa shape index (κ1) is 27.9. The number of amides is 1. The minimum atomic E-state index is -0.0112. The average molecular weight is 616 g/mol. The molecule has 2 heterocycles. The van der Waals surface area contributed by atoms with Crippen LogP contribution in [0.3, 0.4) is 0 Å². The lowest BCUT2D eigenvalue weighted by Gasteiger charge is -2.34. The molecule has 1 aliphatic carbocycles. The van der Waals surface area contributed by atoms with Crippen molar-refractivity contribution in [3.63, 3.8) is 0 Å². The molecular formula is C29H35BrN4O4S. The van der Waals surface area contributed by atoms with Crippen molar-refractivity contribution in [1.29, 1.82) is 0 Å². The van der Waals surface area contributed by atoms with Crippen LogP contribution >= 0.6 is 27.9 Å². The van der Waals surface area contributed by atoms with Crippen LogP contribution in [0, 0.1) is 11.8 Å². The average Bonchev–Trinajstić information content (AvgIpc) is 3.51. The highest BCUT2D eigenvalue weighted by Crippen LogP contribution is 2.45. The summed E-state index contributed by atoms with van der Waals surface area (Å²) in [6.07, 6.45) is 2.10. The molecule has 0 radical (unpaired) electrons. The van der Waals surface area contributed by atoms with E-state index in [0.29, 0.717) is 47.8 Å². The molecule has 1 aromatic heterocycles. The van der Waals surface area contributed by atoms with Crippen LogP contribution in [0.4, 0.5) is 5.82 Å². The maximum atomic E-state index is 13.3. The molecule has 5 rings (SSSR count). The Balaban J connectivity index is 1.38. The fourth-order valence-corrected chi connectivity index (χ4v) is 6.28. The van der Waals surface area contributed by atoms with Gasteiger partial charge in [0, 0.05) is 47.3 Å². The Bertz CT molecular complexity index is 1300. The second-order valence-corrected chi connectivity index (χ2v) is 11.9. The number of likely N-dealkylation sites (N-methyl/N-ethyl adjacent to an activating group) is 1. The highest BCUT2D eigenvalue weighted by Gasteiger charge is 2.35. The number of anilines is 1. The smallest absolute Gasteiger partial charge is 0.254 e. The molecule has 2 aromatic carbocycles. The van der Waals surface area contributed by atoms with Gasteiger partial charge in [0.25, 0.3) is 5.91 Å². The summed E-state index contributed by atoms with van der Waals surface area (Å²) < 4.78 is 21.7. The van der Waals surface area contributed by atoms with Gasteiger partial charge in [-0.05, 0) is 67.4 Å². The molecule has 1 amide bonds. The van der Waals surface area contributed by atoms with Crippen LogP contribution in [0.2, 0.25) is 0 Å². The van der Waals surface area contributed by atoms with Crippen LogP contribution in [0.1, 0.15) is 36.2 Å². The van der Waals surface area contributed by atoms with Crippen LogP contribution in [0.5, 0.6) is 11.5 Å². The molecule has 10 heteroatoms. The Kier molecular flexibility index (Phi) is 8.73. The Hall–Kier alpha value is -2.69. The van der Waals surface area contributed by atoms with E-state index in [4.69, 9.17) is 14.0 Å². The van der Waals surface area contributed by atoms with Crippen molar-refractivity contribution in [2.75, 3.05) is 51.7 Å². The van der Waals surface area contributed by atoms with Gasteiger partial charge in [-0.1, -0.05) is 47.1 Å². The van der Waals surface area contributed by atoms with Crippen LogP contribution < -0.4 is 14.2 Å². The lowest BCUT2D eigenvalue weighted by Crippen LogP contribution is -2.48. The Labute approximate surface area is 242 Å². The first-order valence-electron chi connectivity index (χ1n) is 13.4. The molecule has 1 saturated carbocycles. The van der Waals surface area contributed by atoms with Crippen LogP contribution in [-0.2, 0) is 6.42 Å². The third kappa shape index (κ3) is 6.23. The number of nitrogens with zero attached hydrogens (tertiary/aromatic N) is 3. The van der Waals surface area contributed by atoms with Gasteiger partial charge < -0.3 is 28.5 Å². The number of nitrogens with one attached hydrogen (secondary N) is 1. The maximum Gasteiger partial charge on any atom is 0.254 e. The van der Waals surface area contributed by atoms with E-state index >= 15 is 0 Å². The number of methoxy groups -OCH3 is 2. The minimum Gasteiger partial charge on any atom is -0.495 e. The first-order valence-corrected chi connectivity index (χ1v) is 15.0. The van der Waals surface area contributed by atoms with E-state index in [9.17, 15) is 4.79 Å². The number of ether oxygens (including phenoxy) is 2. The van der Waals surface area contributed by atoms with Gasteiger partial charge in [0.05, 0.1) is 14.2 Å². The third-order valence-electron chi connectivity index (χ3n) is 7.68. The number of hydrogen-bond acceptors (Lipinski definition) is 8. The van der Waals surface area contributed by atoms with E-state index < -0.39 is 0 Å². The molecule has 1 aliphatic heterocycles. The number of carbonyl (C=O) groups is 1. The van der Waals surface area contributed by atoms with Gasteiger partial charge in [-0.2, -0.15) is 0 Å². The summed E-state index contributed by atoms with van der Waals surface area (Å²) in [5.74, 6) is 3.91. The van der Waals surface area contributed by atoms with Crippen molar-refractivity contribution in [2.45, 2.75) is 31.6 Å². The van der Waals surface area contributed by atoms with Gasteiger partial charge in [-0.25, -0.2) is 0 Å². The minimum absolute atomic E-state index is 0.0112. The lowest BCUT2D eigenvalue weighted by molar-refractivity contribution is 0.0642. The Morgan fingerprint density at radius 3 is 2.44 bits per heavy atom. The van der Waals surface area contributed by atoms with Crippen molar-refractivity contribution in [3.05, 3.63) is 52.0 Å². The van der Waals surface area contributed by atoms with Crippen LogP contribution in [0.15, 0.2) is 50.3 Å². The van der Waals surface area contributed by atoms with Crippen molar-refractivity contribution in [2.24, 2.45) is 11.8 Å². The topological polar surface area (TPSA) is 80.1 Å². The van der Waals surface area contributed by atoms with Crippen molar-refractivity contribution in [1.82, 2.24) is 15.0 Å². The van der Waals surface area contributed by atoms with E-state index in [1.54, 1.807) is 26.4 Å². The number of piperazine rings is 1. The maximum absolute atomic E-state index is 13.3. The number of hydrogen-bond donors (Lipinski definition) is 1. The van der Waals surface area contributed by atoms with Crippen LogP contribution in [0.25, 0.3) is 11.3 Å². The predicted molar refractivity (Wildman–Crippen MR) is 158 cm³/mol. The summed E-state index contributed by atoms with van der Waals surface area (Å²) in [5, 5.41) is 4.41. The standard InChI is InChI=1S/C29H35BrN4O4S/c1-5-33-9-11-34(12-10-33)29(35)21-16-24(36-3)27(25(17-21)37-4)39-32-28-23(15-20-13-18(20)2)26(38-31-28)19-7-6-8-22(30)14-19/h6-8,14,16-18,20H,5,9-13,15H2,1-4H3,(H,31,32). The molecule has 208 valence electrons. The Morgan fingerprint density at radius 1 is 1.15 bits per heavy atom. The molecule has 3 aromatic rings. The quantitative estimate of drug-likeness (QED) is 0.270. The van der Waals surface area contributed by atoms with E-state index in [1.807, 2.05) is 29.2 Å². The second kappa shape index (κ2) is 12.2. The second-order valence-electron chi connectivity index (χ2n) is 10.2. The molecule has 39 heavy (non-hydrogen) atoms. The molecule has 0 bridgehead atoms. The molecule has 0 spiro atoms. The van der Waals surface area contributed by atoms with Crippen molar-refractivity contribution < 1.29 is 18.8 Å². The summed E-state index contributed by atoms with van der Waals surface area (Å²) in [6, 6.07) is 11.7. The van der Waals surface area contributed by atoms with E-state index in [0.717, 1.165) is 52.3 Å². The van der Waals surface area contributed by atoms with Gasteiger partial charge >= 0.3 is 0 Å². The summed E-state index contributed by atoms with van der Waals surface area (Å²) >= 11 is 4.91. The SMILES string of the molecule is CCN1CCN(C(=O)c2cc(OC)c(SNc3noc(-c4cccc(Br)c4)c3CC3CC3C)c(OC)c2)CC1. The molecule has 2 unspecified atom stereocenters. The van der Waals surface area contributed by atoms with Gasteiger partial charge in [-0.3, -0.25) is 4.79 Å². The summed E-state index contributed by atoms with van der Waals surface area (Å²) in [5.41, 5.74) is 2.60. The molecule has 2 atom stereocenters. The van der Waals surface area contributed by atoms with E-state index in [-0.39, 0.29) is 5.91 Å². The summed E-state index contributed by atoms with van der Waals surface area (Å²) in [7, 11) is 3.21. The largest absolute Gasteiger partial charge is 0.495 e. The fourth-order valence-electron chi connectivity index (χ4n) is 5.03. The highest BCUT2D eigenvalue weighted by molar-refractivity contribution is 9.10. The number of rotatable bonds is 10. The van der Waals surface area contributed by atoms with E-state index in [1.165, 1.54) is 18.4 Å². The first-order chi connectivity index (χ1) is 18.9. The molecule has 1 saturated heterocycles. The molecule has 2 aliphatic rings. The molecule has 2 fully saturated rings. The molecular weight excluding hydrogens is 580 g/mol. The van der Waals surface area contributed by atoms with Gasteiger partial charge in [0.2, 0.25) is 0 Å². The zero-order valence-electron chi connectivity index (χ0n) is 22.8. The van der Waals surface area contributed by atoms with Gasteiger partial charge in [0.1, 0.15) is 16.4 Å². The van der Waals surface area contributed by atoms with E-state index in [2.05, 4.69) is 44.6 Å². The van der Waals surface area contributed by atoms with Gasteiger partial charge in [-0.15, -0.1) is 0 Å². The predicted octanol–water partition coefficient (Wildman–Crippen LogP) is 6.22. The number of carbonyl (C=O) groups excluding carboxylic acids is 1. The normalized spacial score (nSPS) is 19.2. The van der Waals surface area contributed by atoms with Crippen molar-refractivity contribution in [3.8, 4) is 22.8 Å². The summed E-state index contributed by atoms with van der Waals surface area (Å²) in [6.45, 7) is 8.62. The zero-order valence-corrected chi connectivity index (χ0v) is 25.2. The zero-order chi connectivity index (χ0) is 27.5. The number of aromatic nitrogens is 1.